The Hall–Kier alpha value is -3.31. The highest BCUT2D eigenvalue weighted by atomic mass is 32.2. The lowest BCUT2D eigenvalue weighted by atomic mass is 10.3. The second-order valence-corrected chi connectivity index (χ2v) is 8.88. The smallest absolute Gasteiger partial charge is 0.409 e. The fourth-order valence-corrected chi connectivity index (χ4v) is 3.39. The molecule has 4 N–H and O–H groups in total. The number of carbonyl (C=O) groups is 2. The highest BCUT2D eigenvalue weighted by molar-refractivity contribution is 7.89. The minimum Gasteiger partial charge on any atom is -0.465 e. The van der Waals surface area contributed by atoms with E-state index in [1.165, 1.54) is 56.6 Å². The Balaban J connectivity index is 2.36. The molecule has 0 aliphatic carbocycles. The number of hydrogen-bond donors (Lipinski definition) is 4. The Morgan fingerprint density at radius 1 is 1.00 bits per heavy atom. The first-order valence-electron chi connectivity index (χ1n) is 8.91. The van der Waals surface area contributed by atoms with E-state index in [2.05, 4.69) is 16.0 Å². The third-order valence-electron chi connectivity index (χ3n) is 3.71. The molecule has 0 atom stereocenters. The molecule has 0 aliphatic rings. The quantitative estimate of drug-likeness (QED) is 0.525. The Morgan fingerprint density at radius 2 is 1.60 bits per heavy atom. The highest BCUT2D eigenvalue weighted by Gasteiger charge is 2.24. The first kappa shape index (κ1) is 23.0. The van der Waals surface area contributed by atoms with Crippen LogP contribution < -0.4 is 20.7 Å². The monoisotopic (exact) mass is 436 g/mol. The minimum atomic E-state index is -3.89. The lowest BCUT2D eigenvalue weighted by molar-refractivity contribution is 0.209. The molecule has 0 aromatic heterocycles. The summed E-state index contributed by atoms with van der Waals surface area (Å²) in [6, 6.07) is 9.68. The van der Waals surface area contributed by atoms with Gasteiger partial charge in [-0.25, -0.2) is 22.3 Å². The molecule has 162 valence electrons. The number of amides is 3. The van der Waals surface area contributed by atoms with Crippen LogP contribution in [0, 0.1) is 0 Å². The molecule has 2 aromatic carbocycles. The molecule has 0 fully saturated rings. The maximum absolute atomic E-state index is 12.8. The Morgan fingerprint density at radius 3 is 2.13 bits per heavy atom. The molecule has 0 radical (unpaired) electrons. The Labute approximate surface area is 174 Å². The molecule has 0 aliphatic heterocycles. The average Bonchev–Trinajstić information content (AvgIpc) is 2.63. The molecular weight excluding hydrogens is 412 g/mol. The topological polar surface area (TPSA) is 137 Å². The highest BCUT2D eigenvalue weighted by Crippen LogP contribution is 2.33. The SMILES string of the molecule is CC(C)NC(=O)Nc1ccc(Oc2ccc(NC(=O)O)cc2)c(S(=O)(=O)N(C)C)c1. The fraction of sp³-hybridized carbons (Fsp3) is 0.263. The molecule has 0 unspecified atom stereocenters. The van der Waals surface area contributed by atoms with Crippen LogP contribution in [0.4, 0.5) is 21.0 Å². The molecule has 0 heterocycles. The van der Waals surface area contributed by atoms with Crippen LogP contribution in [0.2, 0.25) is 0 Å². The lowest BCUT2D eigenvalue weighted by Crippen LogP contribution is -2.34. The van der Waals surface area contributed by atoms with Crippen LogP contribution in [0.15, 0.2) is 47.4 Å². The van der Waals surface area contributed by atoms with Crippen molar-refractivity contribution in [1.29, 1.82) is 0 Å². The number of carboxylic acid groups (broad SMARTS) is 1. The third kappa shape index (κ3) is 6.09. The predicted molar refractivity (Wildman–Crippen MR) is 113 cm³/mol. The summed E-state index contributed by atoms with van der Waals surface area (Å²) < 4.78 is 32.3. The normalized spacial score (nSPS) is 11.3. The second-order valence-electron chi connectivity index (χ2n) is 6.76. The third-order valence-corrected chi connectivity index (χ3v) is 5.55. The van der Waals surface area contributed by atoms with Gasteiger partial charge in [0.25, 0.3) is 0 Å². The predicted octanol–water partition coefficient (Wildman–Crippen LogP) is 3.35. The number of urea groups is 1. The number of anilines is 2. The van der Waals surface area contributed by atoms with Gasteiger partial charge in [-0.2, -0.15) is 0 Å². The van der Waals surface area contributed by atoms with Crippen molar-refractivity contribution in [2.45, 2.75) is 24.8 Å². The van der Waals surface area contributed by atoms with Gasteiger partial charge in [-0.15, -0.1) is 0 Å². The number of ether oxygens (including phenoxy) is 1. The van der Waals surface area contributed by atoms with Crippen LogP contribution in [0.25, 0.3) is 0 Å². The largest absolute Gasteiger partial charge is 0.465 e. The van der Waals surface area contributed by atoms with Crippen LogP contribution in [0.5, 0.6) is 11.5 Å². The number of nitrogens with one attached hydrogen (secondary N) is 3. The molecule has 2 aromatic rings. The summed E-state index contributed by atoms with van der Waals surface area (Å²) in [4.78, 5) is 22.5. The standard InChI is InChI=1S/C19H24N4O6S/c1-12(2)20-18(24)21-14-7-10-16(17(11-14)30(27,28)23(3)4)29-15-8-5-13(6-9-15)22-19(25)26/h5-12,22H,1-4H3,(H,25,26)(H2,20,21,24). The maximum Gasteiger partial charge on any atom is 0.409 e. The van der Waals surface area contributed by atoms with E-state index in [1.807, 2.05) is 0 Å². The Kier molecular flexibility index (Phi) is 7.24. The van der Waals surface area contributed by atoms with Crippen LogP contribution in [-0.4, -0.2) is 50.1 Å². The summed E-state index contributed by atoms with van der Waals surface area (Å²) in [7, 11) is -1.11. The van der Waals surface area contributed by atoms with E-state index >= 15 is 0 Å². The van der Waals surface area contributed by atoms with Crippen molar-refractivity contribution >= 4 is 33.5 Å². The van der Waals surface area contributed by atoms with E-state index < -0.39 is 22.1 Å². The van der Waals surface area contributed by atoms with Gasteiger partial charge in [0, 0.05) is 31.5 Å². The van der Waals surface area contributed by atoms with E-state index in [-0.39, 0.29) is 22.4 Å². The number of rotatable bonds is 7. The summed E-state index contributed by atoms with van der Waals surface area (Å²) in [6.45, 7) is 3.60. The van der Waals surface area contributed by atoms with Crippen molar-refractivity contribution in [2.75, 3.05) is 24.7 Å². The van der Waals surface area contributed by atoms with Crippen molar-refractivity contribution in [2.24, 2.45) is 0 Å². The van der Waals surface area contributed by atoms with Crippen LogP contribution in [0.1, 0.15) is 13.8 Å². The molecular formula is C19H24N4O6S. The maximum atomic E-state index is 12.8. The molecule has 30 heavy (non-hydrogen) atoms. The molecule has 0 saturated carbocycles. The lowest BCUT2D eigenvalue weighted by Gasteiger charge is -2.17. The van der Waals surface area contributed by atoms with Crippen molar-refractivity contribution in [1.82, 2.24) is 9.62 Å². The molecule has 10 nitrogen and oxygen atoms in total. The molecule has 0 saturated heterocycles. The van der Waals surface area contributed by atoms with E-state index in [0.29, 0.717) is 11.4 Å². The zero-order chi connectivity index (χ0) is 22.5. The van der Waals surface area contributed by atoms with E-state index in [4.69, 9.17) is 9.84 Å². The summed E-state index contributed by atoms with van der Waals surface area (Å²) >= 11 is 0. The van der Waals surface area contributed by atoms with Crippen LogP contribution >= 0.6 is 0 Å². The van der Waals surface area contributed by atoms with Gasteiger partial charge in [-0.1, -0.05) is 0 Å². The zero-order valence-corrected chi connectivity index (χ0v) is 17.8. The molecule has 2 rings (SSSR count). The van der Waals surface area contributed by atoms with Gasteiger partial charge in [-0.3, -0.25) is 5.32 Å². The van der Waals surface area contributed by atoms with Gasteiger partial charge in [-0.05, 0) is 56.3 Å². The van der Waals surface area contributed by atoms with Crippen molar-refractivity contribution in [3.8, 4) is 11.5 Å². The van der Waals surface area contributed by atoms with Crippen molar-refractivity contribution in [3.63, 3.8) is 0 Å². The summed E-state index contributed by atoms with van der Waals surface area (Å²) in [5, 5.41) is 16.2. The van der Waals surface area contributed by atoms with E-state index in [1.54, 1.807) is 13.8 Å². The molecule has 0 bridgehead atoms. The summed E-state index contributed by atoms with van der Waals surface area (Å²) in [6.07, 6.45) is -1.20. The average molecular weight is 436 g/mol. The first-order valence-corrected chi connectivity index (χ1v) is 10.3. The number of hydrogen-bond acceptors (Lipinski definition) is 5. The number of sulfonamides is 1. The van der Waals surface area contributed by atoms with Gasteiger partial charge in [0.2, 0.25) is 10.0 Å². The molecule has 11 heteroatoms. The summed E-state index contributed by atoms with van der Waals surface area (Å²) in [5.41, 5.74) is 0.619. The molecule has 3 amide bonds. The number of carbonyl (C=O) groups excluding carboxylic acids is 1. The van der Waals surface area contributed by atoms with Gasteiger partial charge >= 0.3 is 12.1 Å². The zero-order valence-electron chi connectivity index (χ0n) is 17.0. The van der Waals surface area contributed by atoms with Gasteiger partial charge < -0.3 is 20.5 Å². The van der Waals surface area contributed by atoms with E-state index in [9.17, 15) is 18.0 Å². The van der Waals surface area contributed by atoms with Gasteiger partial charge in [0.05, 0.1) is 0 Å². The number of nitrogens with zero attached hydrogens (tertiary/aromatic N) is 1. The number of benzene rings is 2. The minimum absolute atomic E-state index is 0.0532. The van der Waals surface area contributed by atoms with Crippen molar-refractivity contribution in [3.05, 3.63) is 42.5 Å². The van der Waals surface area contributed by atoms with Crippen LogP contribution in [0.3, 0.4) is 0 Å². The second kappa shape index (κ2) is 9.46. The van der Waals surface area contributed by atoms with Gasteiger partial charge in [0.15, 0.2) is 0 Å². The van der Waals surface area contributed by atoms with Crippen LogP contribution in [-0.2, 0) is 10.0 Å². The Bertz CT molecular complexity index is 1020. The van der Waals surface area contributed by atoms with Crippen molar-refractivity contribution < 1.29 is 27.9 Å². The van der Waals surface area contributed by atoms with E-state index in [0.717, 1.165) is 4.31 Å². The molecule has 0 spiro atoms. The van der Waals surface area contributed by atoms with Gasteiger partial charge in [0.1, 0.15) is 16.4 Å². The first-order chi connectivity index (χ1) is 14.0. The fourth-order valence-electron chi connectivity index (χ4n) is 2.35. The summed E-state index contributed by atoms with van der Waals surface area (Å²) in [5.74, 6) is 0.358.